The topological polar surface area (TPSA) is 93.5 Å². The van der Waals surface area contributed by atoms with Crippen LogP contribution in [0.5, 0.6) is 0 Å². The summed E-state index contributed by atoms with van der Waals surface area (Å²) in [6.07, 6.45) is 0.566. The van der Waals surface area contributed by atoms with Crippen LogP contribution in [-0.4, -0.2) is 31.6 Å². The molecule has 19 heavy (non-hydrogen) atoms. The van der Waals surface area contributed by atoms with Gasteiger partial charge >= 0.3 is 0 Å². The zero-order chi connectivity index (χ0) is 14.3. The number of carbonyl (C=O) groups excluding carboxylic acids is 2. The lowest BCUT2D eigenvalue weighted by atomic mass is 10.2. The number of hydrogen-bond acceptors (Lipinski definition) is 4. The highest BCUT2D eigenvalue weighted by atomic mass is 16.5. The van der Waals surface area contributed by atoms with Crippen LogP contribution in [0.2, 0.25) is 0 Å². The first kappa shape index (κ1) is 15.1. The van der Waals surface area contributed by atoms with E-state index >= 15 is 0 Å². The highest BCUT2D eigenvalue weighted by Crippen LogP contribution is 2.15. The minimum absolute atomic E-state index is 0.0166. The third kappa shape index (κ3) is 5.07. The molecule has 0 heterocycles. The van der Waals surface area contributed by atoms with Gasteiger partial charge in [-0.2, -0.15) is 0 Å². The molecule has 1 aromatic rings. The van der Waals surface area contributed by atoms with E-state index in [0.29, 0.717) is 17.8 Å². The molecule has 0 aliphatic carbocycles. The van der Waals surface area contributed by atoms with Crippen LogP contribution in [0.15, 0.2) is 24.3 Å². The van der Waals surface area contributed by atoms with Gasteiger partial charge in [0.2, 0.25) is 11.8 Å². The van der Waals surface area contributed by atoms with E-state index in [1.54, 1.807) is 24.3 Å². The molecule has 0 bridgehead atoms. The second kappa shape index (κ2) is 7.50. The van der Waals surface area contributed by atoms with Crippen molar-refractivity contribution < 1.29 is 14.3 Å². The van der Waals surface area contributed by atoms with Gasteiger partial charge in [0, 0.05) is 18.5 Å². The van der Waals surface area contributed by atoms with Gasteiger partial charge in [-0.15, -0.1) is 0 Å². The first-order valence-electron chi connectivity index (χ1n) is 6.02. The van der Waals surface area contributed by atoms with E-state index in [0.717, 1.165) is 0 Å². The van der Waals surface area contributed by atoms with Crippen molar-refractivity contribution in [1.29, 1.82) is 0 Å². The van der Waals surface area contributed by atoms with Crippen LogP contribution in [0.25, 0.3) is 0 Å². The van der Waals surface area contributed by atoms with Gasteiger partial charge in [0.15, 0.2) is 0 Å². The molecule has 2 amide bonds. The monoisotopic (exact) mass is 265 g/mol. The maximum atomic E-state index is 11.6. The number of amides is 2. The predicted octanol–water partition coefficient (Wildman–Crippen LogP) is 0.947. The zero-order valence-electron chi connectivity index (χ0n) is 11.1. The van der Waals surface area contributed by atoms with Crippen LogP contribution in [0, 0.1) is 0 Å². The lowest BCUT2D eigenvalue weighted by molar-refractivity contribution is -0.119. The Bertz CT molecular complexity index is 449. The predicted molar refractivity (Wildman–Crippen MR) is 73.8 cm³/mol. The lowest BCUT2D eigenvalue weighted by Crippen LogP contribution is -2.34. The first-order valence-corrected chi connectivity index (χ1v) is 6.02. The molecule has 0 unspecified atom stereocenters. The summed E-state index contributed by atoms with van der Waals surface area (Å²) in [5.74, 6) is -0.501. The second-order valence-electron chi connectivity index (χ2n) is 4.07. The van der Waals surface area contributed by atoms with E-state index in [1.807, 2.05) is 6.92 Å². The van der Waals surface area contributed by atoms with E-state index in [2.05, 4.69) is 10.6 Å². The van der Waals surface area contributed by atoms with E-state index in [9.17, 15) is 9.59 Å². The number of carbonyl (C=O) groups is 2. The Morgan fingerprint density at radius 1 is 1.32 bits per heavy atom. The van der Waals surface area contributed by atoms with Gasteiger partial charge < -0.3 is 21.1 Å². The summed E-state index contributed by atoms with van der Waals surface area (Å²) in [5, 5.41) is 5.34. The highest BCUT2D eigenvalue weighted by molar-refractivity contribution is 5.96. The van der Waals surface area contributed by atoms with E-state index < -0.39 is 6.04 Å². The van der Waals surface area contributed by atoms with Crippen LogP contribution in [-0.2, 0) is 14.3 Å². The zero-order valence-corrected chi connectivity index (χ0v) is 11.1. The lowest BCUT2D eigenvalue weighted by Gasteiger charge is -2.11. The van der Waals surface area contributed by atoms with Crippen LogP contribution in [0.1, 0.15) is 13.3 Å². The van der Waals surface area contributed by atoms with Gasteiger partial charge in [0.25, 0.3) is 0 Å². The second-order valence-corrected chi connectivity index (χ2v) is 4.07. The van der Waals surface area contributed by atoms with Gasteiger partial charge in [-0.05, 0) is 24.6 Å². The summed E-state index contributed by atoms with van der Waals surface area (Å²) in [4.78, 5) is 23.0. The van der Waals surface area contributed by atoms with E-state index in [1.165, 1.54) is 7.11 Å². The Hall–Kier alpha value is -1.92. The quantitative estimate of drug-likeness (QED) is 0.713. The molecule has 0 fully saturated rings. The summed E-state index contributed by atoms with van der Waals surface area (Å²) in [7, 11) is 1.45. The molecule has 1 aromatic carbocycles. The fourth-order valence-corrected chi connectivity index (χ4v) is 1.42. The number of ether oxygens (including phenoxy) is 1. The molecule has 0 radical (unpaired) electrons. The number of anilines is 2. The molecular formula is C13H19N3O3. The fourth-order valence-electron chi connectivity index (χ4n) is 1.42. The van der Waals surface area contributed by atoms with Crippen molar-refractivity contribution in [2.45, 2.75) is 19.4 Å². The van der Waals surface area contributed by atoms with Crippen molar-refractivity contribution in [3.05, 3.63) is 24.3 Å². The SMILES string of the molecule is CC[C@@H](N)C(=O)Nc1cccc(NC(=O)COC)c1. The number of rotatable bonds is 6. The van der Waals surface area contributed by atoms with Gasteiger partial charge in [-0.25, -0.2) is 0 Å². The minimum Gasteiger partial charge on any atom is -0.375 e. The minimum atomic E-state index is -0.535. The summed E-state index contributed by atoms with van der Waals surface area (Å²) in [5.41, 5.74) is 6.80. The summed E-state index contributed by atoms with van der Waals surface area (Å²) >= 11 is 0. The average Bonchev–Trinajstić information content (AvgIpc) is 2.38. The van der Waals surface area contributed by atoms with E-state index in [-0.39, 0.29) is 18.4 Å². The van der Waals surface area contributed by atoms with Crippen molar-refractivity contribution in [2.75, 3.05) is 24.4 Å². The van der Waals surface area contributed by atoms with Crippen molar-refractivity contribution in [2.24, 2.45) is 5.73 Å². The molecule has 0 aromatic heterocycles. The van der Waals surface area contributed by atoms with Crippen LogP contribution < -0.4 is 16.4 Å². The molecule has 1 rings (SSSR count). The third-order valence-corrected chi connectivity index (χ3v) is 2.47. The number of benzene rings is 1. The normalized spacial score (nSPS) is 11.7. The number of nitrogens with one attached hydrogen (secondary N) is 2. The van der Waals surface area contributed by atoms with E-state index in [4.69, 9.17) is 10.5 Å². The Morgan fingerprint density at radius 2 is 1.95 bits per heavy atom. The number of hydrogen-bond donors (Lipinski definition) is 3. The fraction of sp³-hybridized carbons (Fsp3) is 0.385. The number of methoxy groups -OCH3 is 1. The first-order chi connectivity index (χ1) is 9.06. The number of nitrogens with two attached hydrogens (primary N) is 1. The molecule has 6 nitrogen and oxygen atoms in total. The van der Waals surface area contributed by atoms with Crippen molar-refractivity contribution >= 4 is 23.2 Å². The standard InChI is InChI=1S/C13H19N3O3/c1-3-11(14)13(18)16-10-6-4-5-9(7-10)15-12(17)8-19-2/h4-7,11H,3,8,14H2,1-2H3,(H,15,17)(H,16,18)/t11-/m1/s1. The van der Waals surface area contributed by atoms with Gasteiger partial charge in [-0.3, -0.25) is 9.59 Å². The molecule has 0 saturated carbocycles. The van der Waals surface area contributed by atoms with Crippen LogP contribution in [0.4, 0.5) is 11.4 Å². The molecule has 6 heteroatoms. The molecular weight excluding hydrogens is 246 g/mol. The molecule has 4 N–H and O–H groups in total. The smallest absolute Gasteiger partial charge is 0.250 e. The molecule has 0 aliphatic rings. The highest BCUT2D eigenvalue weighted by Gasteiger charge is 2.11. The Kier molecular flexibility index (Phi) is 5.98. The molecule has 1 atom stereocenters. The Balaban J connectivity index is 2.66. The Labute approximate surface area is 112 Å². The Morgan fingerprint density at radius 3 is 2.53 bits per heavy atom. The largest absolute Gasteiger partial charge is 0.375 e. The third-order valence-electron chi connectivity index (χ3n) is 2.47. The molecule has 0 aliphatic heterocycles. The molecule has 0 saturated heterocycles. The maximum absolute atomic E-state index is 11.6. The van der Waals surface area contributed by atoms with Crippen molar-refractivity contribution in [3.63, 3.8) is 0 Å². The molecule has 0 spiro atoms. The van der Waals surface area contributed by atoms with Crippen LogP contribution in [0.3, 0.4) is 0 Å². The summed E-state index contributed by atoms with van der Waals surface area (Å²) in [6.45, 7) is 1.82. The van der Waals surface area contributed by atoms with Gasteiger partial charge in [0.05, 0.1) is 6.04 Å². The van der Waals surface area contributed by atoms with Crippen LogP contribution >= 0.6 is 0 Å². The molecule has 104 valence electrons. The van der Waals surface area contributed by atoms with Gasteiger partial charge in [-0.1, -0.05) is 13.0 Å². The van der Waals surface area contributed by atoms with Crippen molar-refractivity contribution in [3.8, 4) is 0 Å². The van der Waals surface area contributed by atoms with Gasteiger partial charge in [0.1, 0.15) is 6.61 Å². The van der Waals surface area contributed by atoms with Crippen molar-refractivity contribution in [1.82, 2.24) is 0 Å². The summed E-state index contributed by atoms with van der Waals surface area (Å²) in [6, 6.07) is 6.31. The average molecular weight is 265 g/mol. The maximum Gasteiger partial charge on any atom is 0.250 e. The summed E-state index contributed by atoms with van der Waals surface area (Å²) < 4.78 is 4.72.